The van der Waals surface area contributed by atoms with Gasteiger partial charge in [0.2, 0.25) is 5.82 Å². The maximum atomic E-state index is 14.0. The third kappa shape index (κ3) is 3.39. The van der Waals surface area contributed by atoms with Crippen LogP contribution in [0.3, 0.4) is 0 Å². The highest BCUT2D eigenvalue weighted by Gasteiger charge is 2.06. The van der Waals surface area contributed by atoms with E-state index in [9.17, 15) is 4.39 Å². The maximum Gasteiger partial charge on any atom is 0.232 e. The summed E-state index contributed by atoms with van der Waals surface area (Å²) >= 11 is 0. The second-order valence-electron chi connectivity index (χ2n) is 4.67. The van der Waals surface area contributed by atoms with Crippen molar-refractivity contribution in [2.24, 2.45) is 0 Å². The van der Waals surface area contributed by atoms with Gasteiger partial charge in [0.25, 0.3) is 0 Å². The van der Waals surface area contributed by atoms with Gasteiger partial charge in [-0.1, -0.05) is 31.9 Å². The van der Waals surface area contributed by atoms with Crippen molar-refractivity contribution in [3.8, 4) is 17.2 Å². The summed E-state index contributed by atoms with van der Waals surface area (Å²) in [5.74, 6) is -0.0756. The first-order chi connectivity index (χ1) is 9.74. The molecule has 0 amide bonds. The molecule has 0 saturated heterocycles. The number of unbranched alkanes of at least 4 members (excludes halogenated alkanes) is 2. The van der Waals surface area contributed by atoms with Gasteiger partial charge in [0.05, 0.1) is 0 Å². The van der Waals surface area contributed by atoms with Gasteiger partial charge in [-0.3, -0.25) is 0 Å². The van der Waals surface area contributed by atoms with Gasteiger partial charge < -0.3 is 0 Å². The predicted octanol–water partition coefficient (Wildman–Crippen LogP) is 3.89. The Labute approximate surface area is 118 Å². The van der Waals surface area contributed by atoms with E-state index >= 15 is 0 Å². The number of hydrogen-bond acceptors (Lipinski definition) is 3. The summed E-state index contributed by atoms with van der Waals surface area (Å²) in [5, 5.41) is 8.65. The standard InChI is InChI=1S/C16H16FN3/c1-2-3-4-5-12-6-7-13(8-15(12)17)14-10-19-16(9-18)20-11-14/h6-8,10-11H,2-5H2,1H3. The fraction of sp³-hybridized carbons (Fsp3) is 0.312. The molecule has 0 N–H and O–H groups in total. The molecule has 0 atom stereocenters. The van der Waals surface area contributed by atoms with Gasteiger partial charge in [-0.25, -0.2) is 14.4 Å². The Kier molecular flexibility index (Phi) is 4.78. The molecular weight excluding hydrogens is 253 g/mol. The van der Waals surface area contributed by atoms with Crippen LogP contribution in [0.5, 0.6) is 0 Å². The molecule has 0 unspecified atom stereocenters. The van der Waals surface area contributed by atoms with E-state index in [2.05, 4.69) is 16.9 Å². The Hall–Kier alpha value is -2.28. The molecule has 2 rings (SSSR count). The van der Waals surface area contributed by atoms with Gasteiger partial charge in [0.15, 0.2) is 0 Å². The molecule has 1 aromatic heterocycles. The molecule has 0 aliphatic carbocycles. The topological polar surface area (TPSA) is 49.6 Å². The number of halogens is 1. The summed E-state index contributed by atoms with van der Waals surface area (Å²) in [6, 6.07) is 7.05. The first-order valence-corrected chi connectivity index (χ1v) is 6.75. The third-order valence-corrected chi connectivity index (χ3v) is 3.19. The van der Waals surface area contributed by atoms with E-state index in [1.54, 1.807) is 0 Å². The van der Waals surface area contributed by atoms with Crippen LogP contribution in [0.4, 0.5) is 4.39 Å². The lowest BCUT2D eigenvalue weighted by molar-refractivity contribution is 0.599. The highest BCUT2D eigenvalue weighted by atomic mass is 19.1. The Morgan fingerprint density at radius 1 is 1.15 bits per heavy atom. The first kappa shape index (κ1) is 14.1. The Morgan fingerprint density at radius 3 is 2.50 bits per heavy atom. The Bertz CT molecular complexity index is 615. The predicted molar refractivity (Wildman–Crippen MR) is 75.4 cm³/mol. The van der Waals surface area contributed by atoms with Crippen molar-refractivity contribution >= 4 is 0 Å². The average molecular weight is 269 g/mol. The van der Waals surface area contributed by atoms with Crippen LogP contribution < -0.4 is 0 Å². The van der Waals surface area contributed by atoms with Crippen LogP contribution in [-0.4, -0.2) is 9.97 Å². The number of aromatic nitrogens is 2. The van der Waals surface area contributed by atoms with E-state index in [0.717, 1.165) is 36.8 Å². The minimum atomic E-state index is -0.192. The van der Waals surface area contributed by atoms with Crippen LogP contribution in [0, 0.1) is 17.1 Å². The smallest absolute Gasteiger partial charge is 0.227 e. The lowest BCUT2D eigenvalue weighted by atomic mass is 10.0. The van der Waals surface area contributed by atoms with Gasteiger partial charge >= 0.3 is 0 Å². The molecule has 0 fully saturated rings. The van der Waals surface area contributed by atoms with Crippen LogP contribution >= 0.6 is 0 Å². The van der Waals surface area contributed by atoms with Crippen LogP contribution in [0.1, 0.15) is 37.6 Å². The highest BCUT2D eigenvalue weighted by molar-refractivity contribution is 5.62. The first-order valence-electron chi connectivity index (χ1n) is 6.75. The lowest BCUT2D eigenvalue weighted by Crippen LogP contribution is -1.93. The molecule has 3 nitrogen and oxygen atoms in total. The lowest BCUT2D eigenvalue weighted by Gasteiger charge is -2.06. The SMILES string of the molecule is CCCCCc1ccc(-c2cnc(C#N)nc2)cc1F. The molecule has 4 heteroatoms. The van der Waals surface area contributed by atoms with E-state index < -0.39 is 0 Å². The van der Waals surface area contributed by atoms with Crippen LogP contribution in [0.25, 0.3) is 11.1 Å². The zero-order valence-electron chi connectivity index (χ0n) is 11.4. The summed E-state index contributed by atoms with van der Waals surface area (Å²) in [6.45, 7) is 2.13. The van der Waals surface area contributed by atoms with Crippen molar-refractivity contribution < 1.29 is 4.39 Å². The molecule has 0 saturated carbocycles. The van der Waals surface area contributed by atoms with Crippen molar-refractivity contribution in [1.82, 2.24) is 9.97 Å². The molecule has 0 radical (unpaired) electrons. The fourth-order valence-electron chi connectivity index (χ4n) is 2.03. The van der Waals surface area contributed by atoms with Gasteiger partial charge in [0.1, 0.15) is 11.9 Å². The van der Waals surface area contributed by atoms with Crippen LogP contribution in [0.2, 0.25) is 0 Å². The molecule has 1 aromatic carbocycles. The molecular formula is C16H16FN3. The van der Waals surface area contributed by atoms with Crippen molar-refractivity contribution in [2.75, 3.05) is 0 Å². The van der Waals surface area contributed by atoms with E-state index in [-0.39, 0.29) is 11.6 Å². The number of rotatable bonds is 5. The highest BCUT2D eigenvalue weighted by Crippen LogP contribution is 2.21. The summed E-state index contributed by atoms with van der Waals surface area (Å²) < 4.78 is 14.0. The Morgan fingerprint density at radius 2 is 1.90 bits per heavy atom. The minimum absolute atomic E-state index is 0.116. The summed E-state index contributed by atoms with van der Waals surface area (Å²) in [5.41, 5.74) is 2.19. The number of hydrogen-bond donors (Lipinski definition) is 0. The molecule has 0 bridgehead atoms. The summed E-state index contributed by atoms with van der Waals surface area (Å²) in [6.07, 6.45) is 7.09. The third-order valence-electron chi connectivity index (χ3n) is 3.19. The molecule has 0 aliphatic rings. The van der Waals surface area contributed by atoms with Crippen LogP contribution in [-0.2, 0) is 6.42 Å². The molecule has 0 aliphatic heterocycles. The number of aryl methyl sites for hydroxylation is 1. The number of nitriles is 1. The second kappa shape index (κ2) is 6.76. The maximum absolute atomic E-state index is 14.0. The largest absolute Gasteiger partial charge is 0.232 e. The second-order valence-corrected chi connectivity index (χ2v) is 4.67. The van der Waals surface area contributed by atoms with E-state index in [1.165, 1.54) is 18.5 Å². The average Bonchev–Trinajstić information content (AvgIpc) is 2.49. The molecule has 2 aromatic rings. The van der Waals surface area contributed by atoms with E-state index in [4.69, 9.17) is 5.26 Å². The fourth-order valence-corrected chi connectivity index (χ4v) is 2.03. The van der Waals surface area contributed by atoms with Gasteiger partial charge in [-0.05, 0) is 30.0 Å². The molecule has 102 valence electrons. The van der Waals surface area contributed by atoms with Crippen molar-refractivity contribution in [3.05, 3.63) is 47.8 Å². The monoisotopic (exact) mass is 269 g/mol. The van der Waals surface area contributed by atoms with E-state index in [1.807, 2.05) is 18.2 Å². The minimum Gasteiger partial charge on any atom is -0.227 e. The van der Waals surface area contributed by atoms with Crippen molar-refractivity contribution in [1.29, 1.82) is 5.26 Å². The molecule has 1 heterocycles. The van der Waals surface area contributed by atoms with Crippen molar-refractivity contribution in [2.45, 2.75) is 32.6 Å². The zero-order chi connectivity index (χ0) is 14.4. The summed E-state index contributed by atoms with van der Waals surface area (Å²) in [4.78, 5) is 7.78. The van der Waals surface area contributed by atoms with Gasteiger partial charge in [-0.15, -0.1) is 0 Å². The van der Waals surface area contributed by atoms with Crippen molar-refractivity contribution in [3.63, 3.8) is 0 Å². The van der Waals surface area contributed by atoms with Gasteiger partial charge in [-0.2, -0.15) is 5.26 Å². The zero-order valence-corrected chi connectivity index (χ0v) is 11.4. The molecule has 20 heavy (non-hydrogen) atoms. The molecule has 0 spiro atoms. The van der Waals surface area contributed by atoms with E-state index in [0.29, 0.717) is 5.56 Å². The number of benzene rings is 1. The van der Waals surface area contributed by atoms with Gasteiger partial charge in [0, 0.05) is 18.0 Å². The Balaban J connectivity index is 2.17. The quantitative estimate of drug-likeness (QED) is 0.774. The number of nitrogens with zero attached hydrogens (tertiary/aromatic N) is 3. The van der Waals surface area contributed by atoms with Crippen LogP contribution in [0.15, 0.2) is 30.6 Å². The normalized spacial score (nSPS) is 10.2. The summed E-state index contributed by atoms with van der Waals surface area (Å²) in [7, 11) is 0.